The van der Waals surface area contributed by atoms with Crippen LogP contribution in [-0.2, 0) is 14.3 Å². The van der Waals surface area contributed by atoms with Crippen molar-refractivity contribution >= 4 is 40.8 Å². The van der Waals surface area contributed by atoms with Crippen LogP contribution in [0.4, 0.5) is 5.69 Å². The van der Waals surface area contributed by atoms with Crippen molar-refractivity contribution in [1.82, 2.24) is 0 Å². The first-order valence-electron chi connectivity index (χ1n) is 7.03. The Morgan fingerprint density at radius 1 is 1.00 bits per heavy atom. The summed E-state index contributed by atoms with van der Waals surface area (Å²) in [5.41, 5.74) is 1.51. The molecule has 0 aliphatic rings. The standard InChI is InChI=1S/C17H15Cl2NO4/c1-11-2-4-15(5-3-11)23-10-17(22)24-9-16(21)20-14-7-12(18)6-13(19)8-14/h2-8H,9-10H2,1H3,(H,20,21). The van der Waals surface area contributed by atoms with Crippen LogP contribution in [-0.4, -0.2) is 25.1 Å². The lowest BCUT2D eigenvalue weighted by molar-refractivity contribution is -0.149. The van der Waals surface area contributed by atoms with Gasteiger partial charge in [0.05, 0.1) is 0 Å². The van der Waals surface area contributed by atoms with Gasteiger partial charge in [-0.1, -0.05) is 40.9 Å². The summed E-state index contributed by atoms with van der Waals surface area (Å²) in [4.78, 5) is 23.3. The van der Waals surface area contributed by atoms with Gasteiger partial charge in [0.1, 0.15) is 5.75 Å². The molecule has 0 radical (unpaired) electrons. The van der Waals surface area contributed by atoms with Gasteiger partial charge in [0.2, 0.25) is 0 Å². The quantitative estimate of drug-likeness (QED) is 0.787. The van der Waals surface area contributed by atoms with Gasteiger partial charge in [0.15, 0.2) is 13.2 Å². The van der Waals surface area contributed by atoms with Crippen molar-refractivity contribution < 1.29 is 19.1 Å². The first-order chi connectivity index (χ1) is 11.4. The number of benzene rings is 2. The van der Waals surface area contributed by atoms with Gasteiger partial charge >= 0.3 is 5.97 Å². The maximum absolute atomic E-state index is 11.7. The number of amides is 1. The van der Waals surface area contributed by atoms with Gasteiger partial charge in [-0.2, -0.15) is 0 Å². The molecule has 5 nitrogen and oxygen atoms in total. The Bertz CT molecular complexity index is 712. The largest absolute Gasteiger partial charge is 0.482 e. The second kappa shape index (κ2) is 8.57. The van der Waals surface area contributed by atoms with E-state index in [-0.39, 0.29) is 6.61 Å². The summed E-state index contributed by atoms with van der Waals surface area (Å²) in [6, 6.07) is 11.8. The molecule has 0 spiro atoms. The van der Waals surface area contributed by atoms with Crippen LogP contribution >= 0.6 is 23.2 Å². The zero-order chi connectivity index (χ0) is 17.5. The Kier molecular flexibility index (Phi) is 6.46. The smallest absolute Gasteiger partial charge is 0.344 e. The van der Waals surface area contributed by atoms with Crippen LogP contribution in [0.25, 0.3) is 0 Å². The number of ether oxygens (including phenoxy) is 2. The number of anilines is 1. The molecule has 0 saturated heterocycles. The summed E-state index contributed by atoms with van der Waals surface area (Å²) >= 11 is 11.7. The highest BCUT2D eigenvalue weighted by molar-refractivity contribution is 6.35. The Labute approximate surface area is 149 Å². The molecular weight excluding hydrogens is 353 g/mol. The topological polar surface area (TPSA) is 64.6 Å². The molecule has 126 valence electrons. The highest BCUT2D eigenvalue weighted by atomic mass is 35.5. The molecule has 0 atom stereocenters. The fourth-order valence-corrected chi connectivity index (χ4v) is 2.31. The summed E-state index contributed by atoms with van der Waals surface area (Å²) in [6.45, 7) is 1.24. The number of halogens is 2. The molecule has 0 aromatic heterocycles. The van der Waals surface area contributed by atoms with Crippen molar-refractivity contribution in [2.45, 2.75) is 6.92 Å². The van der Waals surface area contributed by atoms with E-state index in [0.29, 0.717) is 21.5 Å². The maximum Gasteiger partial charge on any atom is 0.344 e. The lowest BCUT2D eigenvalue weighted by Gasteiger charge is -2.08. The number of rotatable bonds is 6. The minimum Gasteiger partial charge on any atom is -0.482 e. The van der Waals surface area contributed by atoms with Crippen molar-refractivity contribution in [3.8, 4) is 5.75 Å². The highest BCUT2D eigenvalue weighted by Gasteiger charge is 2.09. The van der Waals surface area contributed by atoms with E-state index >= 15 is 0 Å². The molecule has 0 saturated carbocycles. The Morgan fingerprint density at radius 2 is 1.62 bits per heavy atom. The van der Waals surface area contributed by atoms with Gasteiger partial charge in [-0.25, -0.2) is 4.79 Å². The molecule has 0 bridgehead atoms. The van der Waals surface area contributed by atoms with E-state index < -0.39 is 18.5 Å². The Morgan fingerprint density at radius 3 is 2.25 bits per heavy atom. The Balaban J connectivity index is 1.74. The number of hydrogen-bond acceptors (Lipinski definition) is 4. The number of nitrogens with one attached hydrogen (secondary N) is 1. The summed E-state index contributed by atoms with van der Waals surface area (Å²) in [5, 5.41) is 3.31. The first-order valence-corrected chi connectivity index (χ1v) is 7.79. The summed E-state index contributed by atoms with van der Waals surface area (Å²) in [7, 11) is 0. The van der Waals surface area contributed by atoms with Crippen molar-refractivity contribution in [3.05, 3.63) is 58.1 Å². The van der Waals surface area contributed by atoms with E-state index in [2.05, 4.69) is 5.32 Å². The second-order valence-electron chi connectivity index (χ2n) is 4.97. The van der Waals surface area contributed by atoms with Crippen LogP contribution in [0.2, 0.25) is 10.0 Å². The van der Waals surface area contributed by atoms with Crippen LogP contribution in [0.5, 0.6) is 5.75 Å². The predicted octanol–water partition coefficient (Wildman–Crippen LogP) is 3.86. The molecule has 1 amide bonds. The fourth-order valence-electron chi connectivity index (χ4n) is 1.79. The average Bonchev–Trinajstić information content (AvgIpc) is 2.51. The molecule has 0 aliphatic carbocycles. The minimum atomic E-state index is -0.644. The van der Waals surface area contributed by atoms with Crippen LogP contribution in [0.1, 0.15) is 5.56 Å². The summed E-state index contributed by atoms with van der Waals surface area (Å²) < 4.78 is 10.1. The van der Waals surface area contributed by atoms with E-state index in [1.165, 1.54) is 12.1 Å². The molecule has 2 rings (SSSR count). The zero-order valence-corrected chi connectivity index (χ0v) is 14.4. The van der Waals surface area contributed by atoms with Gasteiger partial charge in [-0.05, 0) is 37.3 Å². The van der Waals surface area contributed by atoms with E-state index in [1.807, 2.05) is 19.1 Å². The van der Waals surface area contributed by atoms with Gasteiger partial charge in [-0.3, -0.25) is 4.79 Å². The maximum atomic E-state index is 11.7. The molecule has 0 fully saturated rings. The molecule has 7 heteroatoms. The fraction of sp³-hybridized carbons (Fsp3) is 0.176. The number of carbonyl (C=O) groups is 2. The lowest BCUT2D eigenvalue weighted by Crippen LogP contribution is -2.23. The third kappa shape index (κ3) is 6.10. The van der Waals surface area contributed by atoms with Crippen molar-refractivity contribution in [2.75, 3.05) is 18.5 Å². The van der Waals surface area contributed by atoms with Gasteiger partial charge in [0.25, 0.3) is 5.91 Å². The highest BCUT2D eigenvalue weighted by Crippen LogP contribution is 2.22. The van der Waals surface area contributed by atoms with Crippen LogP contribution in [0.15, 0.2) is 42.5 Å². The molecule has 2 aromatic rings. The number of aryl methyl sites for hydroxylation is 1. The second-order valence-corrected chi connectivity index (χ2v) is 5.84. The summed E-state index contributed by atoms with van der Waals surface area (Å²) in [6.07, 6.45) is 0. The minimum absolute atomic E-state index is 0.278. The molecule has 1 N–H and O–H groups in total. The van der Waals surface area contributed by atoms with E-state index in [4.69, 9.17) is 32.7 Å². The average molecular weight is 368 g/mol. The molecular formula is C17H15Cl2NO4. The van der Waals surface area contributed by atoms with Crippen LogP contribution in [0.3, 0.4) is 0 Å². The van der Waals surface area contributed by atoms with E-state index in [0.717, 1.165) is 5.56 Å². The van der Waals surface area contributed by atoms with Gasteiger partial charge in [0, 0.05) is 15.7 Å². The number of esters is 1. The van der Waals surface area contributed by atoms with Gasteiger partial charge in [-0.15, -0.1) is 0 Å². The lowest BCUT2D eigenvalue weighted by atomic mass is 10.2. The molecule has 24 heavy (non-hydrogen) atoms. The normalized spacial score (nSPS) is 10.1. The van der Waals surface area contributed by atoms with E-state index in [9.17, 15) is 9.59 Å². The number of carbonyl (C=O) groups excluding carboxylic acids is 2. The zero-order valence-electron chi connectivity index (χ0n) is 12.8. The molecule has 0 aliphatic heterocycles. The third-order valence-electron chi connectivity index (χ3n) is 2.89. The van der Waals surface area contributed by atoms with Crippen LogP contribution < -0.4 is 10.1 Å². The third-order valence-corrected chi connectivity index (χ3v) is 3.32. The monoisotopic (exact) mass is 367 g/mol. The van der Waals surface area contributed by atoms with Crippen molar-refractivity contribution in [1.29, 1.82) is 0 Å². The predicted molar refractivity (Wildman–Crippen MR) is 92.7 cm³/mol. The molecule has 0 unspecified atom stereocenters. The van der Waals surface area contributed by atoms with Crippen molar-refractivity contribution in [3.63, 3.8) is 0 Å². The number of hydrogen-bond donors (Lipinski definition) is 1. The SMILES string of the molecule is Cc1ccc(OCC(=O)OCC(=O)Nc2cc(Cl)cc(Cl)c2)cc1. The van der Waals surface area contributed by atoms with Crippen molar-refractivity contribution in [2.24, 2.45) is 0 Å². The molecule has 0 heterocycles. The summed E-state index contributed by atoms with van der Waals surface area (Å²) in [5.74, 6) is -0.595. The van der Waals surface area contributed by atoms with E-state index in [1.54, 1.807) is 18.2 Å². The molecule has 2 aromatic carbocycles. The Hall–Kier alpha value is -2.24. The first kappa shape index (κ1) is 18.1. The van der Waals surface area contributed by atoms with Crippen LogP contribution in [0, 0.1) is 6.92 Å². The van der Waals surface area contributed by atoms with Gasteiger partial charge < -0.3 is 14.8 Å².